The maximum atomic E-state index is 14.7. The van der Waals surface area contributed by atoms with Crippen molar-refractivity contribution in [3.8, 4) is 17.4 Å². The summed E-state index contributed by atoms with van der Waals surface area (Å²) in [5, 5.41) is 31.5. The lowest BCUT2D eigenvalue weighted by atomic mass is 9.57. The number of anilines is 1. The molecule has 1 saturated heterocycles. The second kappa shape index (κ2) is 13.8. The Balaban J connectivity index is 1.47. The summed E-state index contributed by atoms with van der Waals surface area (Å²) in [6.45, 7) is 5.42. The topological polar surface area (TPSA) is 164 Å². The molecule has 3 aliphatic carbocycles. The summed E-state index contributed by atoms with van der Waals surface area (Å²) in [4.78, 5) is 46.2. The number of carbonyl (C=O) groups excluding carboxylic acids is 3. The van der Waals surface area contributed by atoms with E-state index in [-0.39, 0.29) is 65.5 Å². The molecule has 0 bridgehead atoms. The number of amides is 1. The van der Waals surface area contributed by atoms with Crippen LogP contribution in [0.2, 0.25) is 0 Å². The van der Waals surface area contributed by atoms with Crippen molar-refractivity contribution in [2.24, 2.45) is 11.8 Å². The SMILES string of the molecule is CCCCOc1noc2c1C(=O)[C@@]1(O)C(=O)C3=C(O)c4c(c(OC)cc(NC(=O)[C@@H]5CCCN5C)c4OCCCC)C[C@H]3C[C@H]1[C@@H]2N(C)C. The van der Waals surface area contributed by atoms with E-state index in [1.165, 1.54) is 7.11 Å². The average molecular weight is 681 g/mol. The van der Waals surface area contributed by atoms with Crippen LogP contribution in [0.5, 0.6) is 17.4 Å². The molecule has 2 heterocycles. The molecule has 1 amide bonds. The summed E-state index contributed by atoms with van der Waals surface area (Å²) in [6, 6.07) is 0.705. The number of benzene rings is 1. The number of hydrogen-bond donors (Lipinski definition) is 3. The van der Waals surface area contributed by atoms with Gasteiger partial charge >= 0.3 is 0 Å². The molecule has 4 aliphatic rings. The van der Waals surface area contributed by atoms with Crippen LogP contribution in [0.1, 0.15) is 92.1 Å². The Morgan fingerprint density at radius 3 is 2.49 bits per heavy atom. The van der Waals surface area contributed by atoms with Crippen molar-refractivity contribution >= 4 is 28.9 Å². The summed E-state index contributed by atoms with van der Waals surface area (Å²) >= 11 is 0. The third kappa shape index (κ3) is 5.69. The summed E-state index contributed by atoms with van der Waals surface area (Å²) < 4.78 is 23.6. The van der Waals surface area contributed by atoms with E-state index in [4.69, 9.17) is 18.7 Å². The van der Waals surface area contributed by atoms with Crippen LogP contribution in [-0.4, -0.2) is 102 Å². The Morgan fingerprint density at radius 2 is 1.86 bits per heavy atom. The van der Waals surface area contributed by atoms with Gasteiger partial charge in [-0.05, 0) is 77.3 Å². The van der Waals surface area contributed by atoms with Crippen LogP contribution in [0, 0.1) is 11.8 Å². The number of carbonyl (C=O) groups is 3. The van der Waals surface area contributed by atoms with Gasteiger partial charge in [-0.2, -0.15) is 0 Å². The fraction of sp³-hybridized carbons (Fsp3) is 0.611. The van der Waals surface area contributed by atoms with Crippen LogP contribution in [-0.2, 0) is 16.0 Å². The molecular formula is C36H48N4O9. The lowest BCUT2D eigenvalue weighted by Crippen LogP contribution is -2.63. The smallest absolute Gasteiger partial charge is 0.265 e. The number of aromatic nitrogens is 1. The van der Waals surface area contributed by atoms with Gasteiger partial charge in [-0.25, -0.2) is 0 Å². The van der Waals surface area contributed by atoms with Crippen LogP contribution in [0.4, 0.5) is 5.69 Å². The van der Waals surface area contributed by atoms with E-state index < -0.39 is 40.8 Å². The number of nitrogens with zero attached hydrogens (tertiary/aromatic N) is 3. The molecule has 1 aromatic heterocycles. The first kappa shape index (κ1) is 34.9. The number of methoxy groups -OCH3 is 1. The Kier molecular flexibility index (Phi) is 9.80. The van der Waals surface area contributed by atoms with Crippen molar-refractivity contribution in [3.05, 3.63) is 34.1 Å². The van der Waals surface area contributed by atoms with Gasteiger partial charge in [0, 0.05) is 23.1 Å². The van der Waals surface area contributed by atoms with Gasteiger partial charge in [-0.1, -0.05) is 26.7 Å². The highest BCUT2D eigenvalue weighted by Crippen LogP contribution is 2.57. The molecule has 2 aromatic rings. The fourth-order valence-electron chi connectivity index (χ4n) is 8.06. The molecule has 0 unspecified atom stereocenters. The molecule has 13 nitrogen and oxygen atoms in total. The van der Waals surface area contributed by atoms with Gasteiger partial charge in [-0.3, -0.25) is 24.2 Å². The summed E-state index contributed by atoms with van der Waals surface area (Å²) in [5.41, 5.74) is -1.47. The number of likely N-dealkylation sites (N-methyl/N-ethyl adjacent to an activating group) is 1. The number of aliphatic hydroxyl groups is 2. The number of Topliss-reactive ketones (excluding diaryl/α,β-unsaturated/α-hetero) is 2. The lowest BCUT2D eigenvalue weighted by molar-refractivity contribution is -0.142. The molecule has 1 aliphatic heterocycles. The standard InChI is InChI=1S/C36H48N4O9/c1-7-9-14-47-30-22(37-34(44)23-12-11-13-40(23)5)18-24(46-6)20-16-19-17-21-28(39(3)4)31-27(35(38-49-31)48-15-10-8-2)33(43)36(21,45)32(42)25(19)29(41)26(20)30/h18-19,21,23,28,41,45H,7-17H2,1-6H3,(H,37,44)/t19-,21-,23-,28-,36-/m0/s1. The van der Waals surface area contributed by atoms with Crippen molar-refractivity contribution in [1.82, 2.24) is 15.0 Å². The first-order valence-electron chi connectivity index (χ1n) is 17.4. The van der Waals surface area contributed by atoms with E-state index in [0.29, 0.717) is 42.9 Å². The Labute approximate surface area is 286 Å². The van der Waals surface area contributed by atoms with Crippen LogP contribution < -0.4 is 19.5 Å². The number of ether oxygens (including phenoxy) is 3. The van der Waals surface area contributed by atoms with Gasteiger partial charge in [0.05, 0.1) is 43.7 Å². The van der Waals surface area contributed by atoms with Gasteiger partial charge in [0.15, 0.2) is 17.1 Å². The molecule has 0 spiro atoms. The van der Waals surface area contributed by atoms with E-state index in [9.17, 15) is 24.6 Å². The highest BCUT2D eigenvalue weighted by molar-refractivity contribution is 6.26. The lowest BCUT2D eigenvalue weighted by Gasteiger charge is -2.49. The van der Waals surface area contributed by atoms with Crippen LogP contribution >= 0.6 is 0 Å². The number of ketones is 2. The third-order valence-corrected chi connectivity index (χ3v) is 10.6. The number of aliphatic hydroxyl groups excluding tert-OH is 1. The minimum Gasteiger partial charge on any atom is -0.507 e. The van der Waals surface area contributed by atoms with E-state index in [1.54, 1.807) is 25.1 Å². The normalized spacial score (nSPS) is 26.3. The predicted molar refractivity (Wildman–Crippen MR) is 180 cm³/mol. The first-order chi connectivity index (χ1) is 23.5. The van der Waals surface area contributed by atoms with Crippen molar-refractivity contribution in [1.29, 1.82) is 0 Å². The van der Waals surface area contributed by atoms with Gasteiger partial charge in [0.1, 0.15) is 17.1 Å². The zero-order valence-corrected chi connectivity index (χ0v) is 29.3. The molecule has 266 valence electrons. The van der Waals surface area contributed by atoms with Gasteiger partial charge in [-0.15, -0.1) is 0 Å². The van der Waals surface area contributed by atoms with Crippen LogP contribution in [0.3, 0.4) is 0 Å². The van der Waals surface area contributed by atoms with Crippen molar-refractivity contribution < 1.29 is 43.3 Å². The van der Waals surface area contributed by atoms with Crippen LogP contribution in [0.25, 0.3) is 5.76 Å². The zero-order chi connectivity index (χ0) is 35.2. The minimum absolute atomic E-state index is 0.0492. The molecule has 5 atom stereocenters. The molecule has 2 fully saturated rings. The Morgan fingerprint density at radius 1 is 1.14 bits per heavy atom. The molecule has 1 aromatic carbocycles. The average Bonchev–Trinajstić information content (AvgIpc) is 3.69. The van der Waals surface area contributed by atoms with E-state index in [2.05, 4.69) is 10.5 Å². The van der Waals surface area contributed by atoms with Crippen LogP contribution in [0.15, 0.2) is 16.2 Å². The largest absolute Gasteiger partial charge is 0.507 e. The number of likely N-dealkylation sites (tertiary alicyclic amines) is 1. The number of nitrogens with one attached hydrogen (secondary N) is 1. The van der Waals surface area contributed by atoms with E-state index in [1.807, 2.05) is 25.8 Å². The van der Waals surface area contributed by atoms with E-state index >= 15 is 0 Å². The Hall–Kier alpha value is -3.94. The molecule has 49 heavy (non-hydrogen) atoms. The van der Waals surface area contributed by atoms with Crippen molar-refractivity contribution in [2.75, 3.05) is 53.3 Å². The van der Waals surface area contributed by atoms with Gasteiger partial charge in [0.25, 0.3) is 5.88 Å². The summed E-state index contributed by atoms with van der Waals surface area (Å²) in [7, 11) is 6.99. The molecular weight excluding hydrogens is 632 g/mol. The minimum atomic E-state index is -2.51. The molecule has 0 radical (unpaired) electrons. The second-order valence-corrected chi connectivity index (χ2v) is 13.9. The predicted octanol–water partition coefficient (Wildman–Crippen LogP) is 4.33. The number of fused-ring (bicyclic) bond motifs is 4. The quantitative estimate of drug-likeness (QED) is 0.215. The highest BCUT2D eigenvalue weighted by atomic mass is 16.5. The maximum absolute atomic E-state index is 14.7. The summed E-state index contributed by atoms with van der Waals surface area (Å²) in [5.74, 6) is -2.97. The van der Waals surface area contributed by atoms with Gasteiger partial charge < -0.3 is 34.3 Å². The van der Waals surface area contributed by atoms with Gasteiger partial charge in [0.2, 0.25) is 17.5 Å². The Bertz CT molecular complexity index is 1670. The van der Waals surface area contributed by atoms with Crippen molar-refractivity contribution in [3.63, 3.8) is 0 Å². The molecule has 1 saturated carbocycles. The maximum Gasteiger partial charge on any atom is 0.265 e. The summed E-state index contributed by atoms with van der Waals surface area (Å²) in [6.07, 6.45) is 5.19. The number of unbranched alkanes of at least 4 members (excludes halogenated alkanes) is 2. The van der Waals surface area contributed by atoms with E-state index in [0.717, 1.165) is 25.8 Å². The fourth-order valence-corrected chi connectivity index (χ4v) is 8.06. The zero-order valence-electron chi connectivity index (χ0n) is 29.3. The highest BCUT2D eigenvalue weighted by Gasteiger charge is 2.65. The first-order valence-corrected chi connectivity index (χ1v) is 17.4. The van der Waals surface area contributed by atoms with Crippen molar-refractivity contribution in [2.45, 2.75) is 82.9 Å². The molecule has 13 heteroatoms. The monoisotopic (exact) mass is 680 g/mol. The number of hydrogen-bond acceptors (Lipinski definition) is 12. The third-order valence-electron chi connectivity index (χ3n) is 10.6. The molecule has 6 rings (SSSR count). The number of rotatable bonds is 12. The molecule has 3 N–H and O–H groups in total. The second-order valence-electron chi connectivity index (χ2n) is 13.9.